The number of carbonyl (C=O) groups excluding carboxylic acids is 1. The summed E-state index contributed by atoms with van der Waals surface area (Å²) in [5.41, 5.74) is 0.389. The number of ether oxygens (including phenoxy) is 1. The van der Waals surface area contributed by atoms with Gasteiger partial charge in [-0.25, -0.2) is 0 Å². The van der Waals surface area contributed by atoms with Gasteiger partial charge in [-0.1, -0.05) is 20.8 Å². The van der Waals surface area contributed by atoms with Gasteiger partial charge in [0, 0.05) is 0 Å². The molecule has 2 nitrogen and oxygen atoms in total. The molecule has 0 heterocycles. The summed E-state index contributed by atoms with van der Waals surface area (Å²) in [7, 11) is 0. The van der Waals surface area contributed by atoms with Gasteiger partial charge in [-0.2, -0.15) is 0 Å². The molecule has 88 valence electrons. The van der Waals surface area contributed by atoms with Crippen molar-refractivity contribution < 1.29 is 9.53 Å². The number of hydrogen-bond donors (Lipinski definition) is 0. The molecule has 0 amide bonds. The quantitative estimate of drug-likeness (QED) is 0.656. The first-order chi connectivity index (χ1) is 6.95. The van der Waals surface area contributed by atoms with E-state index in [1.807, 2.05) is 6.92 Å². The lowest BCUT2D eigenvalue weighted by Crippen LogP contribution is -2.29. The molecule has 0 unspecified atom stereocenters. The van der Waals surface area contributed by atoms with Crippen LogP contribution in [-0.2, 0) is 9.53 Å². The monoisotopic (exact) mass is 212 g/mol. The molecule has 0 saturated heterocycles. The van der Waals surface area contributed by atoms with E-state index in [2.05, 4.69) is 20.8 Å². The SMILES string of the molecule is CCOC(=O)C1CCC(C(C)(C)C)CC1. The number of hydrogen-bond acceptors (Lipinski definition) is 2. The Bertz CT molecular complexity index is 207. The summed E-state index contributed by atoms with van der Waals surface area (Å²) in [5, 5.41) is 0. The standard InChI is InChI=1S/C13H24O2/c1-5-15-12(14)10-6-8-11(9-7-10)13(2,3)4/h10-11H,5-9H2,1-4H3. The molecule has 0 atom stereocenters. The molecule has 0 aromatic heterocycles. The van der Waals surface area contributed by atoms with Gasteiger partial charge in [-0.05, 0) is 43.9 Å². The van der Waals surface area contributed by atoms with E-state index in [0.29, 0.717) is 12.0 Å². The molecule has 1 aliphatic rings. The zero-order valence-corrected chi connectivity index (χ0v) is 10.5. The molecule has 0 spiro atoms. The van der Waals surface area contributed by atoms with E-state index in [1.54, 1.807) is 0 Å². The molecule has 0 aromatic rings. The highest BCUT2D eigenvalue weighted by Gasteiger charge is 2.32. The molecule has 0 radical (unpaired) electrons. The zero-order chi connectivity index (χ0) is 11.5. The Morgan fingerprint density at radius 1 is 1.20 bits per heavy atom. The van der Waals surface area contributed by atoms with Gasteiger partial charge in [-0.3, -0.25) is 4.79 Å². The zero-order valence-electron chi connectivity index (χ0n) is 10.5. The van der Waals surface area contributed by atoms with E-state index in [4.69, 9.17) is 4.74 Å². The molecular formula is C13H24O2. The molecule has 0 aliphatic heterocycles. The minimum Gasteiger partial charge on any atom is -0.466 e. The van der Waals surface area contributed by atoms with E-state index < -0.39 is 0 Å². The third-order valence-corrected chi connectivity index (χ3v) is 3.57. The summed E-state index contributed by atoms with van der Waals surface area (Å²) in [6, 6.07) is 0. The molecule has 0 aromatic carbocycles. The molecule has 2 heteroatoms. The fourth-order valence-corrected chi connectivity index (χ4v) is 2.46. The van der Waals surface area contributed by atoms with Crippen LogP contribution in [0, 0.1) is 17.3 Å². The number of esters is 1. The lowest BCUT2D eigenvalue weighted by Gasteiger charge is -2.36. The van der Waals surface area contributed by atoms with Crippen LogP contribution in [-0.4, -0.2) is 12.6 Å². The average molecular weight is 212 g/mol. The topological polar surface area (TPSA) is 26.3 Å². The highest BCUT2D eigenvalue weighted by Crippen LogP contribution is 2.39. The van der Waals surface area contributed by atoms with Crippen LogP contribution in [0.4, 0.5) is 0 Å². The summed E-state index contributed by atoms with van der Waals surface area (Å²) >= 11 is 0. The van der Waals surface area contributed by atoms with Gasteiger partial charge in [0.15, 0.2) is 0 Å². The van der Waals surface area contributed by atoms with Gasteiger partial charge in [0.1, 0.15) is 0 Å². The number of carbonyl (C=O) groups is 1. The van der Waals surface area contributed by atoms with E-state index in [9.17, 15) is 4.79 Å². The maximum absolute atomic E-state index is 11.5. The largest absolute Gasteiger partial charge is 0.466 e. The number of rotatable bonds is 2. The van der Waals surface area contributed by atoms with Crippen molar-refractivity contribution in [1.29, 1.82) is 0 Å². The molecule has 1 saturated carbocycles. The van der Waals surface area contributed by atoms with Crippen LogP contribution < -0.4 is 0 Å². The molecule has 0 bridgehead atoms. The fourth-order valence-electron chi connectivity index (χ4n) is 2.46. The Labute approximate surface area is 93.4 Å². The normalized spacial score (nSPS) is 27.5. The van der Waals surface area contributed by atoms with Crippen molar-refractivity contribution in [1.82, 2.24) is 0 Å². The predicted octanol–water partition coefficient (Wildman–Crippen LogP) is 3.40. The molecule has 1 rings (SSSR count). The van der Waals surface area contributed by atoms with E-state index in [-0.39, 0.29) is 11.9 Å². The van der Waals surface area contributed by atoms with Crippen LogP contribution in [0.5, 0.6) is 0 Å². The smallest absolute Gasteiger partial charge is 0.308 e. The molecular weight excluding hydrogens is 188 g/mol. The van der Waals surface area contributed by atoms with Crippen LogP contribution in [0.3, 0.4) is 0 Å². The van der Waals surface area contributed by atoms with Crippen molar-refractivity contribution in [2.75, 3.05) is 6.61 Å². The van der Waals surface area contributed by atoms with Crippen molar-refractivity contribution in [2.45, 2.75) is 53.4 Å². The third kappa shape index (κ3) is 3.51. The average Bonchev–Trinajstić information content (AvgIpc) is 2.17. The van der Waals surface area contributed by atoms with Gasteiger partial charge < -0.3 is 4.74 Å². The van der Waals surface area contributed by atoms with Gasteiger partial charge >= 0.3 is 5.97 Å². The minimum atomic E-state index is 0.0184. The van der Waals surface area contributed by atoms with Crippen LogP contribution in [0.2, 0.25) is 0 Å². The van der Waals surface area contributed by atoms with E-state index in [1.165, 1.54) is 12.8 Å². The van der Waals surface area contributed by atoms with E-state index in [0.717, 1.165) is 18.8 Å². The van der Waals surface area contributed by atoms with Crippen LogP contribution >= 0.6 is 0 Å². The Morgan fingerprint density at radius 3 is 2.13 bits per heavy atom. The minimum absolute atomic E-state index is 0.0184. The summed E-state index contributed by atoms with van der Waals surface area (Å²) in [6.07, 6.45) is 4.38. The summed E-state index contributed by atoms with van der Waals surface area (Å²) in [5.74, 6) is 0.955. The molecule has 1 fully saturated rings. The van der Waals surface area contributed by atoms with Crippen LogP contribution in [0.1, 0.15) is 53.4 Å². The Balaban J connectivity index is 2.39. The second kappa shape index (κ2) is 5.00. The van der Waals surface area contributed by atoms with Crippen molar-refractivity contribution in [3.8, 4) is 0 Å². The molecule has 0 N–H and O–H groups in total. The maximum Gasteiger partial charge on any atom is 0.308 e. The second-order valence-corrected chi connectivity index (χ2v) is 5.67. The second-order valence-electron chi connectivity index (χ2n) is 5.67. The predicted molar refractivity (Wildman–Crippen MR) is 61.5 cm³/mol. The lowest BCUT2D eigenvalue weighted by molar-refractivity contribution is -0.149. The first-order valence-electron chi connectivity index (χ1n) is 6.11. The van der Waals surface area contributed by atoms with Crippen molar-refractivity contribution in [3.05, 3.63) is 0 Å². The fraction of sp³-hybridized carbons (Fsp3) is 0.923. The highest BCUT2D eigenvalue weighted by molar-refractivity contribution is 5.72. The van der Waals surface area contributed by atoms with E-state index >= 15 is 0 Å². The molecule has 15 heavy (non-hydrogen) atoms. The van der Waals surface area contributed by atoms with Crippen molar-refractivity contribution in [3.63, 3.8) is 0 Å². The van der Waals surface area contributed by atoms with Crippen LogP contribution in [0.15, 0.2) is 0 Å². The molecule has 1 aliphatic carbocycles. The summed E-state index contributed by atoms with van der Waals surface area (Å²) in [6.45, 7) is 9.27. The van der Waals surface area contributed by atoms with Gasteiger partial charge in [-0.15, -0.1) is 0 Å². The van der Waals surface area contributed by atoms with Crippen molar-refractivity contribution in [2.24, 2.45) is 17.3 Å². The van der Waals surface area contributed by atoms with Gasteiger partial charge in [0.2, 0.25) is 0 Å². The third-order valence-electron chi connectivity index (χ3n) is 3.57. The Kier molecular flexibility index (Phi) is 4.18. The summed E-state index contributed by atoms with van der Waals surface area (Å²) < 4.78 is 5.06. The highest BCUT2D eigenvalue weighted by atomic mass is 16.5. The van der Waals surface area contributed by atoms with Gasteiger partial charge in [0.25, 0.3) is 0 Å². The first kappa shape index (κ1) is 12.5. The lowest BCUT2D eigenvalue weighted by atomic mass is 9.70. The Morgan fingerprint density at radius 2 is 1.73 bits per heavy atom. The van der Waals surface area contributed by atoms with Crippen LogP contribution in [0.25, 0.3) is 0 Å². The van der Waals surface area contributed by atoms with Crippen molar-refractivity contribution >= 4 is 5.97 Å². The maximum atomic E-state index is 11.5. The summed E-state index contributed by atoms with van der Waals surface area (Å²) in [4.78, 5) is 11.5. The Hall–Kier alpha value is -0.530. The van der Waals surface area contributed by atoms with Gasteiger partial charge in [0.05, 0.1) is 12.5 Å². The first-order valence-corrected chi connectivity index (χ1v) is 6.11.